The molecule has 0 spiro atoms. The number of phenols is 1. The molecule has 1 aromatic carbocycles. The van der Waals surface area contributed by atoms with Crippen LogP contribution in [0.4, 0.5) is 5.69 Å². The Morgan fingerprint density at radius 3 is 2.19 bits per heavy atom. The highest BCUT2D eigenvalue weighted by atomic mass is 16.3. The number of anilines is 1. The molecule has 2 aliphatic carbocycles. The van der Waals surface area contributed by atoms with Gasteiger partial charge in [-0.05, 0) is 74.6 Å². The minimum absolute atomic E-state index is 0.0391. The average molecular weight is 485 g/mol. The van der Waals surface area contributed by atoms with Crippen molar-refractivity contribution in [2.45, 2.75) is 51.4 Å². The molecule has 0 radical (unpaired) electrons. The number of aryl methyl sites for hydroxylation is 1. The summed E-state index contributed by atoms with van der Waals surface area (Å²) < 4.78 is 0. The Kier molecular flexibility index (Phi) is 4.63. The van der Waals surface area contributed by atoms with Crippen LogP contribution in [-0.4, -0.2) is 58.6 Å². The summed E-state index contributed by atoms with van der Waals surface area (Å²) in [6.07, 6.45) is 8.33. The maximum atomic E-state index is 13.6. The van der Waals surface area contributed by atoms with Gasteiger partial charge in [-0.25, -0.2) is 0 Å². The number of carbonyl (C=O) groups excluding carboxylic acids is 3. The molecule has 2 N–H and O–H groups in total. The summed E-state index contributed by atoms with van der Waals surface area (Å²) in [6.45, 7) is 3.71. The predicted octanol–water partition coefficient (Wildman–Crippen LogP) is 3.46. The number of nitrogens with zero attached hydrogens (tertiary/aromatic N) is 2. The van der Waals surface area contributed by atoms with Gasteiger partial charge in [0.2, 0.25) is 11.6 Å². The van der Waals surface area contributed by atoms with E-state index in [4.69, 9.17) is 0 Å². The summed E-state index contributed by atoms with van der Waals surface area (Å²) >= 11 is 0. The van der Waals surface area contributed by atoms with Crippen molar-refractivity contribution in [3.05, 3.63) is 62.6 Å². The van der Waals surface area contributed by atoms with E-state index < -0.39 is 17.3 Å². The van der Waals surface area contributed by atoms with Crippen LogP contribution in [0.5, 0.6) is 5.75 Å². The van der Waals surface area contributed by atoms with Crippen LogP contribution in [0.15, 0.2) is 45.9 Å². The zero-order valence-electron chi connectivity index (χ0n) is 20.2. The van der Waals surface area contributed by atoms with Crippen molar-refractivity contribution in [1.82, 2.24) is 4.90 Å². The molecule has 184 valence electrons. The minimum atomic E-state index is -0.873. The zero-order valence-corrected chi connectivity index (χ0v) is 20.2. The number of ketones is 3. The topological polar surface area (TPSA) is 98.2 Å². The van der Waals surface area contributed by atoms with E-state index in [2.05, 4.69) is 9.80 Å². The number of allylic oxidation sites excluding steroid dienone is 6. The molecule has 0 atom stereocenters. The van der Waals surface area contributed by atoms with Gasteiger partial charge in [0.05, 0.1) is 11.1 Å². The molecule has 1 fully saturated rings. The second kappa shape index (κ2) is 7.69. The first-order valence-electron chi connectivity index (χ1n) is 13.1. The Hall–Kier alpha value is -3.61. The van der Waals surface area contributed by atoms with Gasteiger partial charge in [0.15, 0.2) is 5.78 Å². The van der Waals surface area contributed by atoms with E-state index in [0.717, 1.165) is 92.8 Å². The average Bonchev–Trinajstić information content (AvgIpc) is 3.11. The summed E-state index contributed by atoms with van der Waals surface area (Å²) in [4.78, 5) is 44.7. The van der Waals surface area contributed by atoms with Crippen molar-refractivity contribution >= 4 is 28.6 Å². The number of phenolic OH excluding ortho intramolecular Hbond substituents is 1. The summed E-state index contributed by atoms with van der Waals surface area (Å²) in [6, 6.07) is 1.76. The SMILES string of the molecule is O=C1C(=O)/C(=C2/C=C3CCCN4CCCC(=C34)C2=O)C(O)=C1c1cc2c3c(c1O)CCCN3CCC2. The lowest BCUT2D eigenvalue weighted by Gasteiger charge is -2.40. The van der Waals surface area contributed by atoms with Crippen LogP contribution in [0, 0.1) is 0 Å². The third-order valence-electron chi connectivity index (χ3n) is 8.64. The lowest BCUT2D eigenvalue weighted by molar-refractivity contribution is -0.130. The van der Waals surface area contributed by atoms with Gasteiger partial charge >= 0.3 is 0 Å². The molecular weight excluding hydrogens is 456 g/mol. The molecule has 6 aliphatic rings. The number of benzene rings is 1. The van der Waals surface area contributed by atoms with Crippen molar-refractivity contribution in [2.75, 3.05) is 31.1 Å². The van der Waals surface area contributed by atoms with Crippen LogP contribution in [0.1, 0.15) is 55.2 Å². The highest BCUT2D eigenvalue weighted by molar-refractivity contribution is 6.63. The molecule has 0 amide bonds. The number of rotatable bonds is 1. The first kappa shape index (κ1) is 21.7. The summed E-state index contributed by atoms with van der Waals surface area (Å²) in [7, 11) is 0. The molecule has 4 heterocycles. The van der Waals surface area contributed by atoms with Crippen LogP contribution in [0.2, 0.25) is 0 Å². The van der Waals surface area contributed by atoms with Crippen molar-refractivity contribution < 1.29 is 24.6 Å². The third-order valence-corrected chi connectivity index (χ3v) is 8.64. The molecule has 0 bridgehead atoms. The van der Waals surface area contributed by atoms with E-state index in [0.29, 0.717) is 18.4 Å². The fourth-order valence-corrected chi connectivity index (χ4v) is 7.12. The third kappa shape index (κ3) is 2.83. The van der Waals surface area contributed by atoms with Crippen molar-refractivity contribution in [3.63, 3.8) is 0 Å². The summed E-state index contributed by atoms with van der Waals surface area (Å²) in [5, 5.41) is 22.6. The molecule has 4 aliphatic heterocycles. The molecule has 36 heavy (non-hydrogen) atoms. The first-order valence-corrected chi connectivity index (χ1v) is 13.1. The van der Waals surface area contributed by atoms with Crippen LogP contribution in [0.3, 0.4) is 0 Å². The lowest BCUT2D eigenvalue weighted by Crippen LogP contribution is -2.37. The molecule has 1 aromatic rings. The largest absolute Gasteiger partial charge is 0.507 e. The number of Topliss-reactive ketones (excluding diaryl/α,β-unsaturated/α-hetero) is 3. The Morgan fingerprint density at radius 1 is 0.722 bits per heavy atom. The fourth-order valence-electron chi connectivity index (χ4n) is 7.12. The van der Waals surface area contributed by atoms with E-state index in [1.54, 1.807) is 12.1 Å². The highest BCUT2D eigenvalue weighted by Gasteiger charge is 2.44. The maximum absolute atomic E-state index is 13.6. The Bertz CT molecular complexity index is 1420. The van der Waals surface area contributed by atoms with Gasteiger partial charge in [0.25, 0.3) is 0 Å². The standard InChI is InChI=1S/C29H28N2O5/c32-25-17-7-3-11-30-9-1-5-15(23(17)30)13-19(25)21-27(34)22(29(36)28(21)35)20-14-16-6-2-10-31-12-4-8-18(24(16)31)26(20)33/h13-14,32,34H,1-12H2/b22-20-. The number of hydrogen-bond acceptors (Lipinski definition) is 7. The minimum Gasteiger partial charge on any atom is -0.507 e. The molecule has 0 saturated carbocycles. The van der Waals surface area contributed by atoms with Crippen LogP contribution in [0.25, 0.3) is 5.57 Å². The molecule has 1 saturated heterocycles. The number of aliphatic hydroxyl groups excluding tert-OH is 1. The zero-order chi connectivity index (χ0) is 24.7. The van der Waals surface area contributed by atoms with Gasteiger partial charge < -0.3 is 20.0 Å². The molecular formula is C29H28N2O5. The number of aliphatic hydroxyl groups is 1. The predicted molar refractivity (Wildman–Crippen MR) is 134 cm³/mol. The monoisotopic (exact) mass is 484 g/mol. The van der Waals surface area contributed by atoms with Gasteiger partial charge in [-0.1, -0.05) is 0 Å². The molecule has 7 nitrogen and oxygen atoms in total. The van der Waals surface area contributed by atoms with Crippen LogP contribution >= 0.6 is 0 Å². The van der Waals surface area contributed by atoms with E-state index in [1.807, 2.05) is 0 Å². The quantitative estimate of drug-likeness (QED) is 0.465. The maximum Gasteiger partial charge on any atom is 0.238 e. The Balaban J connectivity index is 1.41. The molecule has 7 rings (SSSR count). The first-order chi connectivity index (χ1) is 17.5. The van der Waals surface area contributed by atoms with E-state index in [1.165, 1.54) is 0 Å². The molecule has 7 heteroatoms. The van der Waals surface area contributed by atoms with Crippen molar-refractivity contribution in [2.24, 2.45) is 0 Å². The fraction of sp³-hybridized carbons (Fsp3) is 0.414. The second-order valence-electron chi connectivity index (χ2n) is 10.6. The van der Waals surface area contributed by atoms with E-state index in [9.17, 15) is 24.6 Å². The van der Waals surface area contributed by atoms with Crippen LogP contribution in [-0.2, 0) is 27.2 Å². The second-order valence-corrected chi connectivity index (χ2v) is 10.6. The normalized spacial score (nSPS) is 25.4. The molecule has 0 aromatic heterocycles. The lowest BCUT2D eigenvalue weighted by atomic mass is 9.80. The van der Waals surface area contributed by atoms with Gasteiger partial charge in [0.1, 0.15) is 11.5 Å². The Morgan fingerprint density at radius 2 is 1.39 bits per heavy atom. The van der Waals surface area contributed by atoms with Gasteiger partial charge in [-0.2, -0.15) is 0 Å². The summed E-state index contributed by atoms with van der Waals surface area (Å²) in [5.74, 6) is -2.53. The van der Waals surface area contributed by atoms with Crippen molar-refractivity contribution in [3.8, 4) is 5.75 Å². The Labute approximate surface area is 209 Å². The number of carbonyl (C=O) groups is 3. The smallest absolute Gasteiger partial charge is 0.238 e. The van der Waals surface area contributed by atoms with Crippen LogP contribution < -0.4 is 4.90 Å². The van der Waals surface area contributed by atoms with Crippen molar-refractivity contribution in [1.29, 1.82) is 0 Å². The molecule has 0 unspecified atom stereocenters. The number of aromatic hydroxyl groups is 1. The number of piperidine rings is 1. The van der Waals surface area contributed by atoms with Gasteiger partial charge in [-0.15, -0.1) is 0 Å². The number of hydrogen-bond donors (Lipinski definition) is 2. The summed E-state index contributed by atoms with van der Waals surface area (Å²) in [5.41, 5.74) is 5.44. The van der Waals surface area contributed by atoms with Gasteiger partial charge in [0, 0.05) is 59.8 Å². The van der Waals surface area contributed by atoms with Gasteiger partial charge in [-0.3, -0.25) is 14.4 Å². The van der Waals surface area contributed by atoms with E-state index in [-0.39, 0.29) is 33.8 Å². The van der Waals surface area contributed by atoms with E-state index >= 15 is 0 Å². The highest BCUT2D eigenvalue weighted by Crippen LogP contribution is 2.47.